The first kappa shape index (κ1) is 9.86. The van der Waals surface area contributed by atoms with E-state index < -0.39 is 0 Å². The Labute approximate surface area is 81.3 Å². The molecule has 0 bridgehead atoms. The second-order valence-electron chi connectivity index (χ2n) is 2.80. The van der Waals surface area contributed by atoms with Gasteiger partial charge >= 0.3 is 0 Å². The molecule has 0 fully saturated rings. The summed E-state index contributed by atoms with van der Waals surface area (Å²) in [5.41, 5.74) is 0.980. The summed E-state index contributed by atoms with van der Waals surface area (Å²) in [6, 6.07) is 3.13. The highest BCUT2D eigenvalue weighted by Crippen LogP contribution is 2.30. The lowest BCUT2D eigenvalue weighted by molar-refractivity contribution is -0.114. The lowest BCUT2D eigenvalue weighted by atomic mass is 10.2. The largest absolute Gasteiger partial charge is 0.505 e. The molecule has 0 aliphatic carbocycles. The monoisotopic (exact) mass is 199 g/mol. The van der Waals surface area contributed by atoms with Gasteiger partial charge in [-0.15, -0.1) is 0 Å². The standard InChI is InChI=1S/C9H10ClNO2/c1-5-3-7(10)4-8(9(5)13)11-6(2)12/h3-4,13H,1-2H3,(H,11,12). The van der Waals surface area contributed by atoms with Gasteiger partial charge in [-0.3, -0.25) is 4.79 Å². The molecule has 3 nitrogen and oxygen atoms in total. The third-order valence-electron chi connectivity index (χ3n) is 1.58. The Morgan fingerprint density at radius 3 is 2.69 bits per heavy atom. The molecular formula is C9H10ClNO2. The lowest BCUT2D eigenvalue weighted by Crippen LogP contribution is -2.06. The molecule has 1 amide bonds. The molecule has 4 heteroatoms. The zero-order chi connectivity index (χ0) is 10.0. The van der Waals surface area contributed by atoms with Crippen LogP contribution in [0.3, 0.4) is 0 Å². The van der Waals surface area contributed by atoms with Crippen molar-refractivity contribution in [1.29, 1.82) is 0 Å². The zero-order valence-electron chi connectivity index (χ0n) is 7.39. The highest BCUT2D eigenvalue weighted by atomic mass is 35.5. The number of hydrogen-bond acceptors (Lipinski definition) is 2. The number of aryl methyl sites for hydroxylation is 1. The van der Waals surface area contributed by atoms with E-state index in [0.717, 1.165) is 0 Å². The average molecular weight is 200 g/mol. The van der Waals surface area contributed by atoms with E-state index in [4.69, 9.17) is 11.6 Å². The van der Waals surface area contributed by atoms with E-state index in [1.807, 2.05) is 0 Å². The summed E-state index contributed by atoms with van der Waals surface area (Å²) >= 11 is 5.74. The summed E-state index contributed by atoms with van der Waals surface area (Å²) in [6.07, 6.45) is 0. The first-order valence-corrected chi connectivity index (χ1v) is 4.15. The van der Waals surface area contributed by atoms with Crippen molar-refractivity contribution >= 4 is 23.2 Å². The van der Waals surface area contributed by atoms with Crippen LogP contribution in [0, 0.1) is 6.92 Å². The molecule has 0 aliphatic rings. The van der Waals surface area contributed by atoms with Crippen LogP contribution in [0.2, 0.25) is 5.02 Å². The first-order chi connectivity index (χ1) is 6.00. The van der Waals surface area contributed by atoms with E-state index in [0.29, 0.717) is 16.3 Å². The number of aromatic hydroxyl groups is 1. The maximum atomic E-state index is 10.7. The number of halogens is 1. The number of anilines is 1. The molecule has 0 atom stereocenters. The molecule has 0 aromatic heterocycles. The molecule has 70 valence electrons. The number of amides is 1. The second-order valence-corrected chi connectivity index (χ2v) is 3.24. The predicted octanol–water partition coefficient (Wildman–Crippen LogP) is 2.31. The maximum Gasteiger partial charge on any atom is 0.221 e. The van der Waals surface area contributed by atoms with Crippen molar-refractivity contribution in [2.75, 3.05) is 5.32 Å². The molecule has 0 saturated carbocycles. The van der Waals surface area contributed by atoms with Gasteiger partial charge in [0.25, 0.3) is 0 Å². The minimum Gasteiger partial charge on any atom is -0.505 e. The number of carbonyl (C=O) groups excluding carboxylic acids is 1. The van der Waals surface area contributed by atoms with E-state index in [1.54, 1.807) is 13.0 Å². The molecule has 0 heterocycles. The molecule has 0 radical (unpaired) electrons. The number of hydrogen-bond donors (Lipinski definition) is 2. The third kappa shape index (κ3) is 2.36. The maximum absolute atomic E-state index is 10.7. The van der Waals surface area contributed by atoms with Gasteiger partial charge < -0.3 is 10.4 Å². The summed E-state index contributed by atoms with van der Waals surface area (Å²) in [6.45, 7) is 3.09. The van der Waals surface area contributed by atoms with Gasteiger partial charge in [-0.05, 0) is 24.6 Å². The van der Waals surface area contributed by atoms with Crippen LogP contribution < -0.4 is 5.32 Å². The van der Waals surface area contributed by atoms with E-state index in [1.165, 1.54) is 13.0 Å². The SMILES string of the molecule is CC(=O)Nc1cc(Cl)cc(C)c1O. The Balaban J connectivity index is 3.12. The average Bonchev–Trinajstić information content (AvgIpc) is 1.98. The number of phenolic OH excluding ortho intramolecular Hbond substituents is 1. The third-order valence-corrected chi connectivity index (χ3v) is 1.79. The van der Waals surface area contributed by atoms with Crippen LogP contribution >= 0.6 is 11.6 Å². The quantitative estimate of drug-likeness (QED) is 0.682. The van der Waals surface area contributed by atoms with Gasteiger partial charge in [0.2, 0.25) is 5.91 Å². The molecular weight excluding hydrogens is 190 g/mol. The number of carbonyl (C=O) groups is 1. The minimum absolute atomic E-state index is 0.0552. The van der Waals surface area contributed by atoms with Crippen LogP contribution in [-0.4, -0.2) is 11.0 Å². The number of nitrogens with one attached hydrogen (secondary N) is 1. The van der Waals surface area contributed by atoms with Crippen molar-refractivity contribution in [1.82, 2.24) is 0 Å². The summed E-state index contributed by atoms with van der Waals surface area (Å²) in [4.78, 5) is 10.7. The van der Waals surface area contributed by atoms with Crippen LogP contribution in [0.25, 0.3) is 0 Å². The Bertz CT molecular complexity index is 350. The number of rotatable bonds is 1. The van der Waals surface area contributed by atoms with Gasteiger partial charge in [0.1, 0.15) is 5.75 Å². The van der Waals surface area contributed by atoms with Crippen molar-refractivity contribution < 1.29 is 9.90 Å². The van der Waals surface area contributed by atoms with E-state index in [2.05, 4.69) is 5.32 Å². The fourth-order valence-electron chi connectivity index (χ4n) is 1.02. The van der Waals surface area contributed by atoms with E-state index >= 15 is 0 Å². The van der Waals surface area contributed by atoms with Gasteiger partial charge in [0, 0.05) is 11.9 Å². The molecule has 0 saturated heterocycles. The molecule has 0 unspecified atom stereocenters. The molecule has 2 N–H and O–H groups in total. The highest BCUT2D eigenvalue weighted by molar-refractivity contribution is 6.31. The smallest absolute Gasteiger partial charge is 0.221 e. The minimum atomic E-state index is -0.239. The molecule has 1 rings (SSSR count). The Morgan fingerprint density at radius 1 is 1.54 bits per heavy atom. The van der Waals surface area contributed by atoms with Crippen molar-refractivity contribution in [3.63, 3.8) is 0 Å². The highest BCUT2D eigenvalue weighted by Gasteiger charge is 2.06. The van der Waals surface area contributed by atoms with Crippen LogP contribution in [0.4, 0.5) is 5.69 Å². The number of phenols is 1. The van der Waals surface area contributed by atoms with Gasteiger partial charge in [-0.25, -0.2) is 0 Å². The van der Waals surface area contributed by atoms with Gasteiger partial charge in [-0.1, -0.05) is 11.6 Å². The summed E-state index contributed by atoms with van der Waals surface area (Å²) in [5.74, 6) is -0.184. The van der Waals surface area contributed by atoms with Gasteiger partial charge in [0.05, 0.1) is 5.69 Å². The van der Waals surface area contributed by atoms with Crippen LogP contribution in [0.5, 0.6) is 5.75 Å². The van der Waals surface area contributed by atoms with E-state index in [9.17, 15) is 9.90 Å². The zero-order valence-corrected chi connectivity index (χ0v) is 8.14. The van der Waals surface area contributed by atoms with Crippen molar-refractivity contribution in [2.24, 2.45) is 0 Å². The summed E-state index contributed by atoms with van der Waals surface area (Å²) in [5, 5.41) is 12.5. The topological polar surface area (TPSA) is 49.3 Å². The summed E-state index contributed by atoms with van der Waals surface area (Å²) < 4.78 is 0. The Morgan fingerprint density at radius 2 is 2.15 bits per heavy atom. The van der Waals surface area contributed by atoms with Crippen LogP contribution in [0.15, 0.2) is 12.1 Å². The molecule has 1 aromatic rings. The Kier molecular flexibility index (Phi) is 2.78. The Hall–Kier alpha value is -1.22. The normalized spacial score (nSPS) is 9.77. The lowest BCUT2D eigenvalue weighted by Gasteiger charge is -2.07. The summed E-state index contributed by atoms with van der Waals surface area (Å²) in [7, 11) is 0. The van der Waals surface area contributed by atoms with Crippen molar-refractivity contribution in [3.8, 4) is 5.75 Å². The fourth-order valence-corrected chi connectivity index (χ4v) is 1.29. The van der Waals surface area contributed by atoms with Gasteiger partial charge in [-0.2, -0.15) is 0 Å². The molecule has 0 aliphatic heterocycles. The van der Waals surface area contributed by atoms with Crippen LogP contribution in [-0.2, 0) is 4.79 Å². The van der Waals surface area contributed by atoms with Crippen molar-refractivity contribution in [2.45, 2.75) is 13.8 Å². The molecule has 0 spiro atoms. The number of benzene rings is 1. The second kappa shape index (κ2) is 3.66. The van der Waals surface area contributed by atoms with Crippen LogP contribution in [0.1, 0.15) is 12.5 Å². The van der Waals surface area contributed by atoms with E-state index in [-0.39, 0.29) is 11.7 Å². The molecule has 13 heavy (non-hydrogen) atoms. The predicted molar refractivity (Wildman–Crippen MR) is 52.2 cm³/mol. The first-order valence-electron chi connectivity index (χ1n) is 3.77. The van der Waals surface area contributed by atoms with Crippen molar-refractivity contribution in [3.05, 3.63) is 22.7 Å². The fraction of sp³-hybridized carbons (Fsp3) is 0.222. The van der Waals surface area contributed by atoms with Gasteiger partial charge in [0.15, 0.2) is 0 Å². The molecule has 1 aromatic carbocycles.